The summed E-state index contributed by atoms with van der Waals surface area (Å²) >= 11 is 1.12. The lowest BCUT2D eigenvalue weighted by molar-refractivity contribution is -0.130. The van der Waals surface area contributed by atoms with E-state index in [1.165, 1.54) is 6.07 Å². The normalized spacial score (nSPS) is 18.9. The van der Waals surface area contributed by atoms with Crippen LogP contribution in [0.1, 0.15) is 12.8 Å². The highest BCUT2D eigenvalue weighted by Crippen LogP contribution is 2.17. The SMILES string of the molecule is Cl.NCC1CCCN1C(=O)CNS(=O)(=O)c1cccs1. The van der Waals surface area contributed by atoms with Crippen LogP contribution >= 0.6 is 23.7 Å². The highest BCUT2D eigenvalue weighted by Gasteiger charge is 2.28. The Labute approximate surface area is 128 Å². The number of carbonyl (C=O) groups excluding carboxylic acids is 1. The molecule has 0 radical (unpaired) electrons. The van der Waals surface area contributed by atoms with Gasteiger partial charge in [0, 0.05) is 19.1 Å². The number of hydrogen-bond donors (Lipinski definition) is 2. The van der Waals surface area contributed by atoms with Crippen LogP contribution in [0.4, 0.5) is 0 Å². The molecule has 9 heteroatoms. The first-order chi connectivity index (χ1) is 9.04. The Morgan fingerprint density at radius 1 is 1.55 bits per heavy atom. The Kier molecular flexibility index (Phi) is 6.41. The molecular weight excluding hydrogens is 322 g/mol. The van der Waals surface area contributed by atoms with Crippen molar-refractivity contribution in [3.63, 3.8) is 0 Å². The number of rotatable bonds is 5. The average molecular weight is 340 g/mol. The van der Waals surface area contributed by atoms with E-state index in [0.29, 0.717) is 13.1 Å². The van der Waals surface area contributed by atoms with Crippen LogP contribution in [0.15, 0.2) is 21.7 Å². The fourth-order valence-corrected chi connectivity index (χ4v) is 4.17. The molecule has 3 N–H and O–H groups in total. The molecule has 20 heavy (non-hydrogen) atoms. The maximum absolute atomic E-state index is 12.0. The van der Waals surface area contributed by atoms with Gasteiger partial charge in [0.2, 0.25) is 5.91 Å². The number of hydrogen-bond acceptors (Lipinski definition) is 5. The second-order valence-electron chi connectivity index (χ2n) is 4.38. The quantitative estimate of drug-likeness (QED) is 0.812. The lowest BCUT2D eigenvalue weighted by atomic mass is 10.2. The highest BCUT2D eigenvalue weighted by molar-refractivity contribution is 7.91. The van der Waals surface area contributed by atoms with E-state index < -0.39 is 10.0 Å². The molecule has 1 aromatic heterocycles. The average Bonchev–Trinajstić information content (AvgIpc) is 3.06. The molecule has 0 spiro atoms. The number of amides is 1. The summed E-state index contributed by atoms with van der Waals surface area (Å²) < 4.78 is 26.3. The maximum Gasteiger partial charge on any atom is 0.250 e. The van der Waals surface area contributed by atoms with Crippen LogP contribution in [0.2, 0.25) is 0 Å². The van der Waals surface area contributed by atoms with Crippen LogP contribution < -0.4 is 10.5 Å². The van der Waals surface area contributed by atoms with Gasteiger partial charge in [-0.2, -0.15) is 0 Å². The number of thiophene rings is 1. The minimum atomic E-state index is -3.58. The first-order valence-corrected chi connectivity index (χ1v) is 8.43. The molecule has 1 amide bonds. The molecule has 1 aromatic rings. The highest BCUT2D eigenvalue weighted by atomic mass is 35.5. The van der Waals surface area contributed by atoms with Crippen LogP contribution in [-0.2, 0) is 14.8 Å². The predicted molar refractivity (Wildman–Crippen MR) is 80.5 cm³/mol. The Bertz CT molecular complexity index is 533. The maximum atomic E-state index is 12.0. The van der Waals surface area contributed by atoms with Crippen LogP contribution in [0, 0.1) is 0 Å². The molecule has 6 nitrogen and oxygen atoms in total. The second-order valence-corrected chi connectivity index (χ2v) is 7.32. The van der Waals surface area contributed by atoms with E-state index in [-0.39, 0.29) is 35.1 Å². The van der Waals surface area contributed by atoms with Crippen LogP contribution in [0.25, 0.3) is 0 Å². The van der Waals surface area contributed by atoms with E-state index in [1.54, 1.807) is 16.3 Å². The van der Waals surface area contributed by atoms with Gasteiger partial charge in [-0.05, 0) is 24.3 Å². The Balaban J connectivity index is 0.00000200. The Morgan fingerprint density at radius 2 is 2.30 bits per heavy atom. The summed E-state index contributed by atoms with van der Waals surface area (Å²) in [6, 6.07) is 3.21. The molecule has 1 fully saturated rings. The summed E-state index contributed by atoms with van der Waals surface area (Å²) in [6.07, 6.45) is 1.81. The van der Waals surface area contributed by atoms with Gasteiger partial charge in [-0.25, -0.2) is 13.1 Å². The van der Waals surface area contributed by atoms with Gasteiger partial charge < -0.3 is 10.6 Å². The summed E-state index contributed by atoms with van der Waals surface area (Å²) in [5.74, 6) is -0.215. The van der Waals surface area contributed by atoms with E-state index in [1.807, 2.05) is 0 Å². The van der Waals surface area contributed by atoms with E-state index in [2.05, 4.69) is 4.72 Å². The molecule has 1 aliphatic rings. The van der Waals surface area contributed by atoms with Gasteiger partial charge in [0.1, 0.15) is 4.21 Å². The Morgan fingerprint density at radius 3 is 2.90 bits per heavy atom. The minimum absolute atomic E-state index is 0. The summed E-state index contributed by atoms with van der Waals surface area (Å²) in [5, 5.41) is 1.68. The van der Waals surface area contributed by atoms with E-state index in [0.717, 1.165) is 24.2 Å². The molecule has 0 aromatic carbocycles. The zero-order valence-corrected chi connectivity index (χ0v) is 13.3. The molecule has 0 bridgehead atoms. The summed E-state index contributed by atoms with van der Waals surface area (Å²) in [6.45, 7) is 0.863. The van der Waals surface area contributed by atoms with E-state index in [4.69, 9.17) is 5.73 Å². The van der Waals surface area contributed by atoms with E-state index in [9.17, 15) is 13.2 Å². The monoisotopic (exact) mass is 339 g/mol. The molecular formula is C11H18ClN3O3S2. The van der Waals surface area contributed by atoms with Crippen LogP contribution in [-0.4, -0.2) is 44.9 Å². The number of sulfonamides is 1. The van der Waals surface area contributed by atoms with Gasteiger partial charge in [0.05, 0.1) is 6.54 Å². The zero-order valence-electron chi connectivity index (χ0n) is 10.8. The molecule has 1 aliphatic heterocycles. The van der Waals surface area contributed by atoms with Crippen molar-refractivity contribution in [3.8, 4) is 0 Å². The smallest absolute Gasteiger partial charge is 0.250 e. The topological polar surface area (TPSA) is 92.5 Å². The van der Waals surface area contributed by atoms with Gasteiger partial charge in [-0.15, -0.1) is 23.7 Å². The third-order valence-electron chi connectivity index (χ3n) is 3.14. The standard InChI is InChI=1S/C11H17N3O3S2.ClH/c12-7-9-3-1-5-14(9)10(15)8-13-19(16,17)11-4-2-6-18-11;/h2,4,6,9,13H,1,3,5,7-8,12H2;1H. The van der Waals surface area contributed by atoms with Gasteiger partial charge in [-0.3, -0.25) is 4.79 Å². The predicted octanol–water partition coefficient (Wildman–Crippen LogP) is 0.398. The number of likely N-dealkylation sites (tertiary alicyclic amines) is 1. The lowest BCUT2D eigenvalue weighted by Gasteiger charge is -2.23. The van der Waals surface area contributed by atoms with Crippen molar-refractivity contribution in [3.05, 3.63) is 17.5 Å². The first kappa shape index (κ1) is 17.4. The van der Waals surface area contributed by atoms with Crippen LogP contribution in [0.3, 0.4) is 0 Å². The van der Waals surface area contributed by atoms with E-state index >= 15 is 0 Å². The van der Waals surface area contributed by atoms with Gasteiger partial charge in [-0.1, -0.05) is 6.07 Å². The van der Waals surface area contributed by atoms with Crippen molar-refractivity contribution >= 4 is 39.7 Å². The molecule has 1 saturated heterocycles. The summed E-state index contributed by atoms with van der Waals surface area (Å²) in [7, 11) is -3.58. The molecule has 0 saturated carbocycles. The van der Waals surface area contributed by atoms with Crippen molar-refractivity contribution in [1.82, 2.24) is 9.62 Å². The van der Waals surface area contributed by atoms with Crippen molar-refractivity contribution in [2.75, 3.05) is 19.6 Å². The summed E-state index contributed by atoms with van der Waals surface area (Å²) in [5.41, 5.74) is 5.59. The molecule has 2 heterocycles. The Hall–Kier alpha value is -0.670. The largest absolute Gasteiger partial charge is 0.337 e. The number of nitrogens with two attached hydrogens (primary N) is 1. The fourth-order valence-electron chi connectivity index (χ4n) is 2.15. The number of nitrogens with one attached hydrogen (secondary N) is 1. The van der Waals surface area contributed by atoms with Gasteiger partial charge in [0.25, 0.3) is 10.0 Å². The molecule has 0 aliphatic carbocycles. The van der Waals surface area contributed by atoms with Gasteiger partial charge >= 0.3 is 0 Å². The molecule has 1 unspecified atom stereocenters. The molecule has 114 valence electrons. The molecule has 2 rings (SSSR count). The van der Waals surface area contributed by atoms with Crippen molar-refractivity contribution < 1.29 is 13.2 Å². The second kappa shape index (κ2) is 7.37. The fraction of sp³-hybridized carbons (Fsp3) is 0.545. The molecule has 1 atom stereocenters. The van der Waals surface area contributed by atoms with Crippen molar-refractivity contribution in [2.24, 2.45) is 5.73 Å². The van der Waals surface area contributed by atoms with Gasteiger partial charge in [0.15, 0.2) is 0 Å². The van der Waals surface area contributed by atoms with Crippen molar-refractivity contribution in [2.45, 2.75) is 23.1 Å². The number of halogens is 1. The lowest BCUT2D eigenvalue weighted by Crippen LogP contribution is -2.45. The zero-order chi connectivity index (χ0) is 13.9. The number of nitrogens with zero attached hydrogens (tertiary/aromatic N) is 1. The third-order valence-corrected chi connectivity index (χ3v) is 5.94. The minimum Gasteiger partial charge on any atom is -0.337 e. The number of carbonyl (C=O) groups is 1. The third kappa shape index (κ3) is 3.92. The summed E-state index contributed by atoms with van der Waals surface area (Å²) in [4.78, 5) is 13.6. The van der Waals surface area contributed by atoms with Crippen molar-refractivity contribution in [1.29, 1.82) is 0 Å². The first-order valence-electron chi connectivity index (χ1n) is 6.07. The van der Waals surface area contributed by atoms with Crippen LogP contribution in [0.5, 0.6) is 0 Å².